The zero-order valence-corrected chi connectivity index (χ0v) is 13.5. The molecule has 2 aromatic carbocycles. The second kappa shape index (κ2) is 6.07. The van der Waals surface area contributed by atoms with Gasteiger partial charge in [0, 0.05) is 13.0 Å². The van der Waals surface area contributed by atoms with E-state index in [1.165, 1.54) is 41.5 Å². The van der Waals surface area contributed by atoms with Crippen LogP contribution in [0.5, 0.6) is 5.75 Å². The summed E-state index contributed by atoms with van der Waals surface area (Å²) in [5.74, 6) is 2.06. The third-order valence-electron chi connectivity index (χ3n) is 4.80. The normalized spacial score (nSPS) is 21.3. The molecular formula is C20H22N2O. The molecule has 1 N–H and O–H groups in total. The minimum absolute atomic E-state index is 0.104. The first kappa shape index (κ1) is 14.3. The summed E-state index contributed by atoms with van der Waals surface area (Å²) >= 11 is 0. The quantitative estimate of drug-likeness (QED) is 0.896. The van der Waals surface area contributed by atoms with Gasteiger partial charge in [-0.2, -0.15) is 0 Å². The molecular weight excluding hydrogens is 284 g/mol. The van der Waals surface area contributed by atoms with Gasteiger partial charge in [-0.05, 0) is 47.2 Å². The topological polar surface area (TPSA) is 33.6 Å². The van der Waals surface area contributed by atoms with E-state index in [0.29, 0.717) is 0 Å². The Balaban J connectivity index is 1.80. The van der Waals surface area contributed by atoms with E-state index in [9.17, 15) is 0 Å². The first-order chi connectivity index (χ1) is 11.4. The molecule has 1 atom stereocenters. The molecule has 1 aliphatic heterocycles. The van der Waals surface area contributed by atoms with Crippen molar-refractivity contribution in [2.75, 3.05) is 13.7 Å². The molecule has 1 heterocycles. The van der Waals surface area contributed by atoms with E-state index >= 15 is 0 Å². The fourth-order valence-corrected chi connectivity index (χ4v) is 3.60. The van der Waals surface area contributed by atoms with Crippen molar-refractivity contribution in [3.8, 4) is 16.9 Å². The van der Waals surface area contributed by atoms with Gasteiger partial charge in [0.1, 0.15) is 11.8 Å². The average Bonchev–Trinajstić information content (AvgIpc) is 2.75. The lowest BCUT2D eigenvalue weighted by Crippen LogP contribution is -2.23. The van der Waals surface area contributed by atoms with E-state index < -0.39 is 0 Å². The Labute approximate surface area is 137 Å². The summed E-state index contributed by atoms with van der Waals surface area (Å²) < 4.78 is 5.41. The highest BCUT2D eigenvalue weighted by atomic mass is 16.5. The lowest BCUT2D eigenvalue weighted by Gasteiger charge is -2.13. The summed E-state index contributed by atoms with van der Waals surface area (Å²) in [5.41, 5.74) is 5.12. The van der Waals surface area contributed by atoms with E-state index in [2.05, 4.69) is 41.7 Å². The number of hydrogen-bond donors (Lipinski definition) is 1. The van der Waals surface area contributed by atoms with Gasteiger partial charge >= 0.3 is 0 Å². The van der Waals surface area contributed by atoms with Crippen LogP contribution in [0.4, 0.5) is 0 Å². The molecule has 0 aromatic heterocycles. The highest BCUT2D eigenvalue weighted by Crippen LogP contribution is 2.46. The van der Waals surface area contributed by atoms with Crippen LogP contribution in [0, 0.1) is 0 Å². The van der Waals surface area contributed by atoms with Gasteiger partial charge in [-0.1, -0.05) is 36.8 Å². The number of aliphatic imine (C=N–C) groups is 1. The van der Waals surface area contributed by atoms with Gasteiger partial charge in [-0.3, -0.25) is 4.99 Å². The second-order valence-electron chi connectivity index (χ2n) is 6.26. The van der Waals surface area contributed by atoms with Crippen molar-refractivity contribution in [1.29, 1.82) is 0 Å². The summed E-state index contributed by atoms with van der Waals surface area (Å²) in [6.45, 7) is 1.04. The Morgan fingerprint density at radius 3 is 2.78 bits per heavy atom. The van der Waals surface area contributed by atoms with E-state index in [-0.39, 0.29) is 6.04 Å². The van der Waals surface area contributed by atoms with E-state index in [1.54, 1.807) is 7.11 Å². The Hall–Kier alpha value is -2.29. The van der Waals surface area contributed by atoms with E-state index in [4.69, 9.17) is 9.73 Å². The lowest BCUT2D eigenvalue weighted by atomic mass is 10.1. The summed E-state index contributed by atoms with van der Waals surface area (Å²) in [6, 6.07) is 15.0. The van der Waals surface area contributed by atoms with Crippen LogP contribution in [-0.4, -0.2) is 19.5 Å². The van der Waals surface area contributed by atoms with Gasteiger partial charge in [0.15, 0.2) is 0 Å². The van der Waals surface area contributed by atoms with Crippen molar-refractivity contribution in [1.82, 2.24) is 5.32 Å². The number of benzene rings is 2. The van der Waals surface area contributed by atoms with Crippen LogP contribution in [0.1, 0.15) is 42.9 Å². The fraction of sp³-hybridized carbons (Fsp3) is 0.350. The molecule has 1 aliphatic carbocycles. The summed E-state index contributed by atoms with van der Waals surface area (Å²) in [5, 5.41) is 3.52. The van der Waals surface area contributed by atoms with Crippen molar-refractivity contribution in [2.45, 2.75) is 31.7 Å². The minimum Gasteiger partial charge on any atom is -0.497 e. The standard InChI is InChI=1S/C20H22N2O/c1-23-14-10-11-17-18(13-14)15-7-4-5-8-16(15)20(17)22-19-9-3-2-6-12-21-19/h4-5,7-8,10-11,13,20H,2-3,6,9,12H2,1H3,(H,21,22). The maximum absolute atomic E-state index is 5.41. The number of nitrogens with one attached hydrogen (secondary N) is 1. The minimum atomic E-state index is 0.104. The molecule has 0 saturated carbocycles. The van der Waals surface area contributed by atoms with Gasteiger partial charge in [0.2, 0.25) is 0 Å². The number of ether oxygens (including phenoxy) is 1. The number of amidine groups is 1. The zero-order valence-electron chi connectivity index (χ0n) is 13.5. The molecule has 3 nitrogen and oxygen atoms in total. The third-order valence-corrected chi connectivity index (χ3v) is 4.80. The van der Waals surface area contributed by atoms with Crippen LogP contribution in [-0.2, 0) is 0 Å². The smallest absolute Gasteiger partial charge is 0.119 e. The van der Waals surface area contributed by atoms with Gasteiger partial charge in [0.05, 0.1) is 12.9 Å². The van der Waals surface area contributed by atoms with E-state index in [0.717, 1.165) is 24.6 Å². The largest absolute Gasteiger partial charge is 0.497 e. The molecule has 4 rings (SSSR count). The molecule has 2 aromatic rings. The Morgan fingerprint density at radius 2 is 1.87 bits per heavy atom. The molecule has 0 radical (unpaired) electrons. The van der Waals surface area contributed by atoms with Crippen LogP contribution >= 0.6 is 0 Å². The Morgan fingerprint density at radius 1 is 1.00 bits per heavy atom. The average molecular weight is 306 g/mol. The van der Waals surface area contributed by atoms with Crippen LogP contribution in [0.3, 0.4) is 0 Å². The predicted octanol–water partition coefficient (Wildman–Crippen LogP) is 4.33. The molecule has 0 spiro atoms. The van der Waals surface area contributed by atoms with Gasteiger partial charge in [-0.25, -0.2) is 0 Å². The highest BCUT2D eigenvalue weighted by molar-refractivity contribution is 5.85. The van der Waals surface area contributed by atoms with Crippen molar-refractivity contribution in [3.05, 3.63) is 53.6 Å². The Bertz CT molecular complexity index is 741. The number of nitrogens with zero attached hydrogens (tertiary/aromatic N) is 1. The molecule has 2 aliphatic rings. The second-order valence-corrected chi connectivity index (χ2v) is 6.26. The SMILES string of the molecule is COc1ccc2c(c1)-c1ccccc1C2N=C1CCCCCN1. The number of hydrogen-bond acceptors (Lipinski definition) is 2. The fourth-order valence-electron chi connectivity index (χ4n) is 3.60. The summed E-state index contributed by atoms with van der Waals surface area (Å²) in [4.78, 5) is 5.10. The van der Waals surface area contributed by atoms with Crippen LogP contribution in [0.2, 0.25) is 0 Å². The third kappa shape index (κ3) is 2.61. The molecule has 0 amide bonds. The number of rotatable bonds is 2. The molecule has 0 bridgehead atoms. The number of methoxy groups -OCH3 is 1. The maximum Gasteiger partial charge on any atom is 0.119 e. The molecule has 3 heteroatoms. The van der Waals surface area contributed by atoms with Gasteiger partial charge < -0.3 is 10.1 Å². The molecule has 1 saturated heterocycles. The molecule has 118 valence electrons. The van der Waals surface area contributed by atoms with Gasteiger partial charge in [0.25, 0.3) is 0 Å². The number of fused-ring (bicyclic) bond motifs is 3. The van der Waals surface area contributed by atoms with Crippen molar-refractivity contribution in [3.63, 3.8) is 0 Å². The van der Waals surface area contributed by atoms with E-state index in [1.807, 2.05) is 6.07 Å². The lowest BCUT2D eigenvalue weighted by molar-refractivity contribution is 0.415. The van der Waals surface area contributed by atoms with Crippen LogP contribution < -0.4 is 10.1 Å². The zero-order chi connectivity index (χ0) is 15.6. The molecule has 1 fully saturated rings. The first-order valence-electron chi connectivity index (χ1n) is 8.44. The first-order valence-corrected chi connectivity index (χ1v) is 8.44. The molecule has 23 heavy (non-hydrogen) atoms. The Kier molecular flexibility index (Phi) is 3.78. The predicted molar refractivity (Wildman–Crippen MR) is 94.2 cm³/mol. The monoisotopic (exact) mass is 306 g/mol. The summed E-state index contributed by atoms with van der Waals surface area (Å²) in [6.07, 6.45) is 4.83. The van der Waals surface area contributed by atoms with Crippen molar-refractivity contribution < 1.29 is 4.74 Å². The summed E-state index contributed by atoms with van der Waals surface area (Å²) in [7, 11) is 1.72. The maximum atomic E-state index is 5.41. The van der Waals surface area contributed by atoms with Crippen LogP contribution in [0.25, 0.3) is 11.1 Å². The van der Waals surface area contributed by atoms with Crippen molar-refractivity contribution >= 4 is 5.84 Å². The van der Waals surface area contributed by atoms with Crippen molar-refractivity contribution in [2.24, 2.45) is 4.99 Å². The highest BCUT2D eigenvalue weighted by Gasteiger charge is 2.28. The van der Waals surface area contributed by atoms with Gasteiger partial charge in [-0.15, -0.1) is 0 Å². The molecule has 1 unspecified atom stereocenters. The van der Waals surface area contributed by atoms with Crippen LogP contribution in [0.15, 0.2) is 47.5 Å².